The predicted molar refractivity (Wildman–Crippen MR) is 86.5 cm³/mol. The molecule has 0 radical (unpaired) electrons. The highest BCUT2D eigenvalue weighted by molar-refractivity contribution is 6.00. The second kappa shape index (κ2) is 5.51. The maximum Gasteiger partial charge on any atom is 0.289 e. The first-order valence-electron chi connectivity index (χ1n) is 8.22. The van der Waals surface area contributed by atoms with Crippen LogP contribution in [0.3, 0.4) is 0 Å². The number of anilines is 1. The molecule has 2 saturated heterocycles. The molecule has 0 saturated carbocycles. The zero-order valence-electron chi connectivity index (χ0n) is 13.6. The summed E-state index contributed by atoms with van der Waals surface area (Å²) in [5, 5.41) is 4.15. The molecule has 7 heteroatoms. The summed E-state index contributed by atoms with van der Waals surface area (Å²) in [5.41, 5.74) is 0.518. The lowest BCUT2D eigenvalue weighted by molar-refractivity contribution is -0.127. The zero-order chi connectivity index (χ0) is 16.7. The maximum atomic E-state index is 13.0. The lowest BCUT2D eigenvalue weighted by atomic mass is 9.77. The number of hydrogen-bond acceptors (Lipinski definition) is 4. The summed E-state index contributed by atoms with van der Waals surface area (Å²) in [5.74, 6) is 0.436. The summed E-state index contributed by atoms with van der Waals surface area (Å²) in [6.07, 6.45) is 7.34. The van der Waals surface area contributed by atoms with Gasteiger partial charge in [-0.3, -0.25) is 14.3 Å². The molecule has 126 valence electrons. The Labute approximate surface area is 139 Å². The van der Waals surface area contributed by atoms with Crippen molar-refractivity contribution in [3.05, 3.63) is 36.5 Å². The van der Waals surface area contributed by atoms with Crippen molar-refractivity contribution in [2.24, 2.45) is 12.5 Å². The van der Waals surface area contributed by atoms with Crippen molar-refractivity contribution < 1.29 is 14.0 Å². The minimum atomic E-state index is -0.338. The molecule has 0 N–H and O–H groups in total. The molecular formula is C17H20N4O3. The van der Waals surface area contributed by atoms with Crippen molar-refractivity contribution >= 4 is 17.5 Å². The highest BCUT2D eigenvalue weighted by atomic mass is 16.3. The van der Waals surface area contributed by atoms with Crippen molar-refractivity contribution in [1.82, 2.24) is 14.7 Å². The van der Waals surface area contributed by atoms with E-state index < -0.39 is 0 Å². The summed E-state index contributed by atoms with van der Waals surface area (Å²) in [6.45, 7) is 1.90. The van der Waals surface area contributed by atoms with Crippen molar-refractivity contribution in [2.75, 3.05) is 24.5 Å². The van der Waals surface area contributed by atoms with Crippen molar-refractivity contribution in [3.8, 4) is 0 Å². The van der Waals surface area contributed by atoms with Gasteiger partial charge < -0.3 is 14.2 Å². The van der Waals surface area contributed by atoms with Crippen molar-refractivity contribution in [1.29, 1.82) is 0 Å². The number of rotatable bonds is 2. The van der Waals surface area contributed by atoms with Gasteiger partial charge in [-0.1, -0.05) is 0 Å². The number of piperidine rings is 1. The lowest BCUT2D eigenvalue weighted by Gasteiger charge is -2.37. The third-order valence-corrected chi connectivity index (χ3v) is 5.26. The fourth-order valence-electron chi connectivity index (χ4n) is 3.77. The highest BCUT2D eigenvalue weighted by Crippen LogP contribution is 2.43. The average molecular weight is 328 g/mol. The molecule has 2 aliphatic rings. The monoisotopic (exact) mass is 328 g/mol. The number of hydrogen-bond donors (Lipinski definition) is 0. The van der Waals surface area contributed by atoms with Crippen LogP contribution in [0.25, 0.3) is 0 Å². The Hall–Kier alpha value is -2.57. The molecular weight excluding hydrogens is 308 g/mol. The van der Waals surface area contributed by atoms with Gasteiger partial charge >= 0.3 is 0 Å². The van der Waals surface area contributed by atoms with E-state index in [1.165, 1.54) is 6.26 Å². The normalized spacial score (nSPS) is 20.1. The molecule has 1 spiro atoms. The molecule has 0 aromatic carbocycles. The molecule has 2 aromatic rings. The zero-order valence-corrected chi connectivity index (χ0v) is 13.6. The SMILES string of the molecule is Cn1cc(N2CCC3(CCN(C(=O)c4ccco4)CC3)C2=O)cn1. The molecule has 4 heterocycles. The van der Waals surface area contributed by atoms with Crippen LogP contribution in [0.5, 0.6) is 0 Å². The standard InChI is InChI=1S/C17H20N4O3/c1-19-12-13(11-18-19)21-9-6-17(16(21)23)4-7-20(8-5-17)15(22)14-3-2-10-24-14/h2-3,10-12H,4-9H2,1H3. The van der Waals surface area contributed by atoms with E-state index in [0.717, 1.165) is 18.7 Å². The fraction of sp³-hybridized carbons (Fsp3) is 0.471. The molecule has 2 fully saturated rings. The molecule has 0 aliphatic carbocycles. The van der Waals surface area contributed by atoms with Crippen LogP contribution < -0.4 is 4.90 Å². The number of aryl methyl sites for hydroxylation is 1. The molecule has 0 bridgehead atoms. The van der Waals surface area contributed by atoms with Gasteiger partial charge in [-0.15, -0.1) is 0 Å². The smallest absolute Gasteiger partial charge is 0.289 e. The Morgan fingerprint density at radius 1 is 1.25 bits per heavy atom. The first-order valence-corrected chi connectivity index (χ1v) is 8.22. The van der Waals surface area contributed by atoms with Gasteiger partial charge in [-0.05, 0) is 31.4 Å². The summed E-state index contributed by atoms with van der Waals surface area (Å²) >= 11 is 0. The molecule has 7 nitrogen and oxygen atoms in total. The van der Waals surface area contributed by atoms with Crippen LogP contribution in [0.4, 0.5) is 5.69 Å². The van der Waals surface area contributed by atoms with E-state index in [4.69, 9.17) is 4.42 Å². The van der Waals surface area contributed by atoms with Crippen LogP contribution in [0.15, 0.2) is 35.2 Å². The topological polar surface area (TPSA) is 71.6 Å². The second-order valence-corrected chi connectivity index (χ2v) is 6.63. The molecule has 24 heavy (non-hydrogen) atoms. The number of furan rings is 1. The number of amides is 2. The first kappa shape index (κ1) is 15.0. The summed E-state index contributed by atoms with van der Waals surface area (Å²) in [6, 6.07) is 3.39. The van der Waals surface area contributed by atoms with E-state index in [9.17, 15) is 9.59 Å². The highest BCUT2D eigenvalue weighted by Gasteiger charge is 2.49. The lowest BCUT2D eigenvalue weighted by Crippen LogP contribution is -2.46. The number of carbonyl (C=O) groups excluding carboxylic acids is 2. The largest absolute Gasteiger partial charge is 0.459 e. The van der Waals surface area contributed by atoms with Gasteiger partial charge in [0.15, 0.2) is 5.76 Å². The number of aromatic nitrogens is 2. The third-order valence-electron chi connectivity index (χ3n) is 5.26. The van der Waals surface area contributed by atoms with Gasteiger partial charge in [0.2, 0.25) is 5.91 Å². The predicted octanol–water partition coefficient (Wildman–Crippen LogP) is 1.67. The van der Waals surface area contributed by atoms with Gasteiger partial charge in [0.05, 0.1) is 23.6 Å². The molecule has 2 aromatic heterocycles. The van der Waals surface area contributed by atoms with Crippen molar-refractivity contribution in [3.63, 3.8) is 0 Å². The second-order valence-electron chi connectivity index (χ2n) is 6.63. The number of carbonyl (C=O) groups is 2. The molecule has 2 aliphatic heterocycles. The summed E-state index contributed by atoms with van der Waals surface area (Å²) in [4.78, 5) is 28.9. The number of likely N-dealkylation sites (tertiary alicyclic amines) is 1. The van der Waals surface area contributed by atoms with E-state index in [1.54, 1.807) is 27.9 Å². The fourth-order valence-corrected chi connectivity index (χ4v) is 3.77. The Kier molecular flexibility index (Phi) is 3.44. The van der Waals surface area contributed by atoms with Crippen molar-refractivity contribution in [2.45, 2.75) is 19.3 Å². The molecule has 0 atom stereocenters. The van der Waals surface area contributed by atoms with Gasteiger partial charge in [-0.2, -0.15) is 5.10 Å². The van der Waals surface area contributed by atoms with E-state index >= 15 is 0 Å². The third kappa shape index (κ3) is 2.31. The van der Waals surface area contributed by atoms with Crippen LogP contribution in [0, 0.1) is 5.41 Å². The Morgan fingerprint density at radius 3 is 2.62 bits per heavy atom. The van der Waals surface area contributed by atoms with Gasteiger partial charge in [-0.25, -0.2) is 0 Å². The van der Waals surface area contributed by atoms with E-state index in [0.29, 0.717) is 31.7 Å². The Bertz CT molecular complexity index is 757. The first-order chi connectivity index (χ1) is 11.6. The Morgan fingerprint density at radius 2 is 2.00 bits per heavy atom. The van der Waals surface area contributed by atoms with E-state index in [1.807, 2.05) is 18.1 Å². The molecule has 2 amide bonds. The van der Waals surface area contributed by atoms with Gasteiger partial charge in [0.1, 0.15) is 0 Å². The Balaban J connectivity index is 1.45. The quantitative estimate of drug-likeness (QED) is 0.841. The minimum Gasteiger partial charge on any atom is -0.459 e. The summed E-state index contributed by atoms with van der Waals surface area (Å²) < 4.78 is 6.89. The van der Waals surface area contributed by atoms with Gasteiger partial charge in [0.25, 0.3) is 5.91 Å². The van der Waals surface area contributed by atoms with E-state index in [-0.39, 0.29) is 17.2 Å². The van der Waals surface area contributed by atoms with Crippen LogP contribution in [0.2, 0.25) is 0 Å². The van der Waals surface area contributed by atoms with Crippen LogP contribution in [-0.2, 0) is 11.8 Å². The number of nitrogens with zero attached hydrogens (tertiary/aromatic N) is 4. The van der Waals surface area contributed by atoms with Crippen LogP contribution in [0.1, 0.15) is 29.8 Å². The molecule has 4 rings (SSSR count). The maximum absolute atomic E-state index is 13.0. The minimum absolute atomic E-state index is 0.0931. The summed E-state index contributed by atoms with van der Waals surface area (Å²) in [7, 11) is 1.85. The van der Waals surface area contributed by atoms with Crippen LogP contribution in [-0.4, -0.2) is 46.1 Å². The van der Waals surface area contributed by atoms with Crippen LogP contribution >= 0.6 is 0 Å². The van der Waals surface area contributed by atoms with Gasteiger partial charge in [0, 0.05) is 32.9 Å². The molecule has 0 unspecified atom stereocenters. The van der Waals surface area contributed by atoms with E-state index in [2.05, 4.69) is 5.10 Å². The average Bonchev–Trinajstić information content (AvgIpc) is 3.31.